The number of carbonyl (C=O) groups is 2. The van der Waals surface area contributed by atoms with E-state index < -0.39 is 18.0 Å². The van der Waals surface area contributed by atoms with Crippen molar-refractivity contribution in [1.82, 2.24) is 5.32 Å². The molecule has 1 atom stereocenters. The van der Waals surface area contributed by atoms with Gasteiger partial charge >= 0.3 is 12.0 Å². The van der Waals surface area contributed by atoms with E-state index in [4.69, 9.17) is 20.3 Å². The van der Waals surface area contributed by atoms with E-state index >= 15 is 0 Å². The molecule has 0 bridgehead atoms. The Hall–Kier alpha value is -2.48. The Balaban J connectivity index is 1.91. The number of benzene rings is 1. The second kappa shape index (κ2) is 8.23. The van der Waals surface area contributed by atoms with Crippen molar-refractivity contribution in [3.8, 4) is 11.5 Å². The maximum Gasteiger partial charge on any atom is 0.326 e. The van der Waals surface area contributed by atoms with Gasteiger partial charge in [0.05, 0.1) is 0 Å². The molecule has 2 amide bonds. The first-order valence-corrected chi connectivity index (χ1v) is 7.50. The lowest BCUT2D eigenvalue weighted by molar-refractivity contribution is -0.139. The average molecular weight is 323 g/mol. The van der Waals surface area contributed by atoms with Crippen molar-refractivity contribution in [3.63, 3.8) is 0 Å². The average Bonchev–Trinajstić information content (AvgIpc) is 2.54. The number of hydrogen-bond donors (Lipinski definition) is 4. The third-order valence-corrected chi connectivity index (χ3v) is 3.35. The number of nitrogens with one attached hydrogen (secondary N) is 2. The number of rotatable bonds is 7. The van der Waals surface area contributed by atoms with Gasteiger partial charge in [-0.2, -0.15) is 0 Å². The number of fused-ring (bicyclic) bond motifs is 1. The van der Waals surface area contributed by atoms with Gasteiger partial charge in [0.15, 0.2) is 11.5 Å². The van der Waals surface area contributed by atoms with Crippen LogP contribution in [0.5, 0.6) is 11.5 Å². The molecule has 8 heteroatoms. The minimum Gasteiger partial charge on any atom is -0.486 e. The summed E-state index contributed by atoms with van der Waals surface area (Å²) in [6, 6.07) is 3.47. The number of unbranched alkanes of at least 4 members (excludes halogenated alkanes) is 1. The highest BCUT2D eigenvalue weighted by atomic mass is 16.6. The number of urea groups is 1. The van der Waals surface area contributed by atoms with Gasteiger partial charge in [-0.3, -0.25) is 0 Å². The number of anilines is 1. The molecule has 8 nitrogen and oxygen atoms in total. The Bertz CT molecular complexity index is 564. The van der Waals surface area contributed by atoms with Gasteiger partial charge in [-0.05, 0) is 37.9 Å². The van der Waals surface area contributed by atoms with E-state index in [1.165, 1.54) is 0 Å². The van der Waals surface area contributed by atoms with Crippen molar-refractivity contribution in [2.45, 2.75) is 25.3 Å². The van der Waals surface area contributed by atoms with Crippen LogP contribution in [0.1, 0.15) is 19.3 Å². The minimum atomic E-state index is -1.07. The number of ether oxygens (including phenoxy) is 2. The zero-order chi connectivity index (χ0) is 16.7. The monoisotopic (exact) mass is 323 g/mol. The molecule has 0 radical (unpaired) electrons. The summed E-state index contributed by atoms with van der Waals surface area (Å²) in [6.07, 6.45) is 1.69. The molecule has 1 aliphatic rings. The van der Waals surface area contributed by atoms with Crippen LogP contribution in [0.25, 0.3) is 0 Å². The number of aliphatic carboxylic acids is 1. The largest absolute Gasteiger partial charge is 0.486 e. The summed E-state index contributed by atoms with van der Waals surface area (Å²) in [5, 5.41) is 14.2. The van der Waals surface area contributed by atoms with Crippen LogP contribution in [0.2, 0.25) is 0 Å². The molecule has 1 heterocycles. The zero-order valence-corrected chi connectivity index (χ0v) is 12.7. The van der Waals surface area contributed by atoms with Gasteiger partial charge < -0.3 is 30.9 Å². The molecule has 0 spiro atoms. The third kappa shape index (κ3) is 5.03. The van der Waals surface area contributed by atoms with Crippen LogP contribution >= 0.6 is 0 Å². The highest BCUT2D eigenvalue weighted by Gasteiger charge is 2.20. The first-order chi connectivity index (χ1) is 11.1. The normalized spacial score (nSPS) is 14.0. The van der Waals surface area contributed by atoms with Crippen molar-refractivity contribution >= 4 is 17.7 Å². The Morgan fingerprint density at radius 2 is 1.96 bits per heavy atom. The fourth-order valence-electron chi connectivity index (χ4n) is 2.20. The Morgan fingerprint density at radius 1 is 1.22 bits per heavy atom. The van der Waals surface area contributed by atoms with E-state index in [2.05, 4.69) is 10.6 Å². The molecular formula is C15H21N3O5. The number of amides is 2. The lowest BCUT2D eigenvalue weighted by atomic mass is 10.1. The third-order valence-electron chi connectivity index (χ3n) is 3.35. The predicted octanol–water partition coefficient (Wildman–Crippen LogP) is 1.16. The van der Waals surface area contributed by atoms with Gasteiger partial charge in [-0.1, -0.05) is 0 Å². The topological polar surface area (TPSA) is 123 Å². The summed E-state index contributed by atoms with van der Waals surface area (Å²) >= 11 is 0. The molecule has 1 aromatic rings. The molecular weight excluding hydrogens is 302 g/mol. The van der Waals surface area contributed by atoms with Crippen LogP contribution in [0.3, 0.4) is 0 Å². The summed E-state index contributed by atoms with van der Waals surface area (Å²) in [5.41, 5.74) is 5.88. The van der Waals surface area contributed by atoms with Crippen molar-refractivity contribution < 1.29 is 24.2 Å². The second-order valence-electron chi connectivity index (χ2n) is 5.13. The minimum absolute atomic E-state index is 0.334. The van der Waals surface area contributed by atoms with Gasteiger partial charge in [0.2, 0.25) is 0 Å². The smallest absolute Gasteiger partial charge is 0.326 e. The molecule has 1 aromatic carbocycles. The molecule has 0 fully saturated rings. The zero-order valence-electron chi connectivity index (χ0n) is 12.7. The summed E-state index contributed by atoms with van der Waals surface area (Å²) < 4.78 is 10.8. The van der Waals surface area contributed by atoms with Crippen molar-refractivity contribution in [2.75, 3.05) is 25.1 Å². The maximum atomic E-state index is 11.9. The highest BCUT2D eigenvalue weighted by Crippen LogP contribution is 2.32. The standard InChI is InChI=1S/C15H21N3O5/c16-6-2-1-3-11(14(19)20)18-15(21)17-10-4-5-12-13(9-10)23-8-7-22-12/h4-5,9,11H,1-3,6-8,16H2,(H,19,20)(H2,17,18,21)/t11-/m0/s1. The number of carboxylic acid groups (broad SMARTS) is 1. The maximum absolute atomic E-state index is 11.9. The first-order valence-electron chi connectivity index (χ1n) is 7.50. The van der Waals surface area contributed by atoms with Crippen LogP contribution in [0.4, 0.5) is 10.5 Å². The molecule has 0 aromatic heterocycles. The van der Waals surface area contributed by atoms with Gasteiger partial charge in [0, 0.05) is 11.8 Å². The summed E-state index contributed by atoms with van der Waals surface area (Å²) in [5.74, 6) is 0.0959. The quantitative estimate of drug-likeness (QED) is 0.558. The van der Waals surface area contributed by atoms with Crippen molar-refractivity contribution in [3.05, 3.63) is 18.2 Å². The molecule has 0 aliphatic carbocycles. The van der Waals surface area contributed by atoms with E-state index in [1.54, 1.807) is 18.2 Å². The molecule has 1 aliphatic heterocycles. The van der Waals surface area contributed by atoms with Crippen molar-refractivity contribution in [2.24, 2.45) is 5.73 Å². The van der Waals surface area contributed by atoms with E-state index in [-0.39, 0.29) is 0 Å². The van der Waals surface area contributed by atoms with Gasteiger partial charge in [0.1, 0.15) is 19.3 Å². The highest BCUT2D eigenvalue weighted by molar-refractivity contribution is 5.92. The molecule has 0 saturated heterocycles. The first kappa shape index (κ1) is 16.9. The number of hydrogen-bond acceptors (Lipinski definition) is 5. The van der Waals surface area contributed by atoms with Gasteiger partial charge in [-0.15, -0.1) is 0 Å². The van der Waals surface area contributed by atoms with Gasteiger partial charge in [-0.25, -0.2) is 9.59 Å². The van der Waals surface area contributed by atoms with Gasteiger partial charge in [0.25, 0.3) is 0 Å². The molecule has 23 heavy (non-hydrogen) atoms. The van der Waals surface area contributed by atoms with Crippen LogP contribution in [0.15, 0.2) is 18.2 Å². The van der Waals surface area contributed by atoms with E-state index in [0.29, 0.717) is 49.8 Å². The van der Waals surface area contributed by atoms with E-state index in [9.17, 15) is 9.59 Å². The lowest BCUT2D eigenvalue weighted by Gasteiger charge is -2.19. The molecule has 0 unspecified atom stereocenters. The predicted molar refractivity (Wildman–Crippen MR) is 83.9 cm³/mol. The second-order valence-corrected chi connectivity index (χ2v) is 5.13. The Kier molecular flexibility index (Phi) is 6.04. The number of carboxylic acids is 1. The Morgan fingerprint density at radius 3 is 2.65 bits per heavy atom. The van der Waals surface area contributed by atoms with Crippen LogP contribution in [-0.2, 0) is 4.79 Å². The van der Waals surface area contributed by atoms with Crippen LogP contribution in [-0.4, -0.2) is 42.9 Å². The molecule has 5 N–H and O–H groups in total. The molecule has 2 rings (SSSR count). The number of carbonyl (C=O) groups excluding carboxylic acids is 1. The van der Waals surface area contributed by atoms with E-state index in [0.717, 1.165) is 6.42 Å². The fourth-order valence-corrected chi connectivity index (χ4v) is 2.20. The summed E-state index contributed by atoms with van der Waals surface area (Å²) in [6.45, 7) is 1.43. The SMILES string of the molecule is NCCCC[C@H](NC(=O)Nc1ccc2c(c1)OCCO2)C(=O)O. The lowest BCUT2D eigenvalue weighted by Crippen LogP contribution is -2.43. The summed E-state index contributed by atoms with van der Waals surface area (Å²) in [4.78, 5) is 23.1. The number of nitrogens with two attached hydrogens (primary N) is 1. The van der Waals surface area contributed by atoms with Crippen LogP contribution in [0, 0.1) is 0 Å². The van der Waals surface area contributed by atoms with Crippen molar-refractivity contribution in [1.29, 1.82) is 0 Å². The van der Waals surface area contributed by atoms with E-state index in [1.807, 2.05) is 0 Å². The van der Waals surface area contributed by atoms with Crippen LogP contribution < -0.4 is 25.8 Å². The summed E-state index contributed by atoms with van der Waals surface area (Å²) in [7, 11) is 0. The Labute approximate surface area is 133 Å². The molecule has 0 saturated carbocycles. The fraction of sp³-hybridized carbons (Fsp3) is 0.467. The molecule has 126 valence electrons.